The van der Waals surface area contributed by atoms with E-state index in [1.807, 2.05) is 13.8 Å². The first-order valence-electron chi connectivity index (χ1n) is 8.86. The molecule has 26 heavy (non-hydrogen) atoms. The third kappa shape index (κ3) is 4.99. The second kappa shape index (κ2) is 8.10. The lowest BCUT2D eigenvalue weighted by Crippen LogP contribution is -2.54. The first-order valence-corrected chi connectivity index (χ1v) is 8.86. The van der Waals surface area contributed by atoms with E-state index < -0.39 is 17.8 Å². The number of amides is 2. The Bertz CT molecular complexity index is 637. The van der Waals surface area contributed by atoms with E-state index in [9.17, 15) is 22.8 Å². The molecule has 1 aliphatic rings. The van der Waals surface area contributed by atoms with Crippen LogP contribution in [0.25, 0.3) is 0 Å². The molecule has 0 saturated heterocycles. The summed E-state index contributed by atoms with van der Waals surface area (Å²) in [5, 5.41) is 5.63. The molecule has 1 fully saturated rings. The summed E-state index contributed by atoms with van der Waals surface area (Å²) in [6, 6.07) is 4.61. The number of hydrogen-bond acceptors (Lipinski definition) is 2. The van der Waals surface area contributed by atoms with Crippen molar-refractivity contribution in [2.45, 2.75) is 64.2 Å². The van der Waals surface area contributed by atoms with E-state index in [0.29, 0.717) is 12.8 Å². The smallest absolute Gasteiger partial charge is 0.352 e. The van der Waals surface area contributed by atoms with Gasteiger partial charge in [0.1, 0.15) is 6.04 Å². The molecule has 7 heteroatoms. The molecule has 0 radical (unpaired) electrons. The zero-order valence-electron chi connectivity index (χ0n) is 15.2. The molecule has 2 N–H and O–H groups in total. The number of rotatable bonds is 6. The lowest BCUT2D eigenvalue weighted by Gasteiger charge is -2.37. The summed E-state index contributed by atoms with van der Waals surface area (Å²) in [7, 11) is 0. The number of nitrogens with one attached hydrogen (secondary N) is 2. The Kier molecular flexibility index (Phi) is 6.31. The van der Waals surface area contributed by atoms with Gasteiger partial charge in [0.15, 0.2) is 0 Å². The van der Waals surface area contributed by atoms with Gasteiger partial charge in [0.25, 0.3) is 0 Å². The molecule has 4 nitrogen and oxygen atoms in total. The van der Waals surface area contributed by atoms with E-state index in [4.69, 9.17) is 0 Å². The third-order valence-electron chi connectivity index (χ3n) is 5.05. The minimum absolute atomic E-state index is 0.0182. The van der Waals surface area contributed by atoms with Gasteiger partial charge in [-0.2, -0.15) is 13.2 Å². The second-order valence-corrected chi connectivity index (χ2v) is 7.06. The van der Waals surface area contributed by atoms with Gasteiger partial charge in [-0.1, -0.05) is 32.4 Å². The van der Waals surface area contributed by atoms with Crippen LogP contribution in [0.2, 0.25) is 0 Å². The molecule has 144 valence electrons. The maximum atomic E-state index is 12.6. The molecule has 0 bridgehead atoms. The van der Waals surface area contributed by atoms with Gasteiger partial charge < -0.3 is 10.6 Å². The molecule has 0 heterocycles. The molecular formula is C19H25F3N2O2. The minimum atomic E-state index is -4.33. The summed E-state index contributed by atoms with van der Waals surface area (Å²) in [6.07, 6.45) is -2.20. The highest BCUT2D eigenvalue weighted by Gasteiger charge is 2.35. The topological polar surface area (TPSA) is 58.2 Å². The Morgan fingerprint density at radius 1 is 1.19 bits per heavy atom. The van der Waals surface area contributed by atoms with Crippen LogP contribution in [-0.4, -0.2) is 23.9 Å². The lowest BCUT2D eigenvalue weighted by molar-refractivity contribution is -0.137. The first-order chi connectivity index (χ1) is 12.1. The van der Waals surface area contributed by atoms with Crippen molar-refractivity contribution in [3.05, 3.63) is 35.4 Å². The number of alkyl halides is 3. The highest BCUT2D eigenvalue weighted by atomic mass is 19.4. The standard InChI is InChI=1S/C19H25F3N2O2/c1-4-11(2)17(23-12(3)25)18(26)24-16-9-14(10-16)13-5-7-15(8-6-13)19(20,21)22/h5-8,11,14,16-17H,4,9-10H2,1-3H3,(H,23,25)(H,24,26)/t11-,14?,16?,17-/m0/s1. The fraction of sp³-hybridized carbons (Fsp3) is 0.579. The fourth-order valence-corrected chi connectivity index (χ4v) is 3.16. The first kappa shape index (κ1) is 20.3. The quantitative estimate of drug-likeness (QED) is 0.804. The Balaban J connectivity index is 1.89. The van der Waals surface area contributed by atoms with E-state index in [0.717, 1.165) is 24.1 Å². The molecule has 0 aliphatic heterocycles. The molecule has 2 amide bonds. The van der Waals surface area contributed by atoms with Crippen LogP contribution >= 0.6 is 0 Å². The van der Waals surface area contributed by atoms with Crippen LogP contribution in [0.5, 0.6) is 0 Å². The van der Waals surface area contributed by atoms with Crippen LogP contribution in [0.15, 0.2) is 24.3 Å². The maximum Gasteiger partial charge on any atom is 0.416 e. The van der Waals surface area contributed by atoms with Crippen molar-refractivity contribution in [1.29, 1.82) is 0 Å². The Morgan fingerprint density at radius 3 is 2.23 bits per heavy atom. The molecular weight excluding hydrogens is 345 g/mol. The van der Waals surface area contributed by atoms with Crippen molar-refractivity contribution < 1.29 is 22.8 Å². The molecule has 0 aromatic heterocycles. The zero-order chi connectivity index (χ0) is 19.5. The minimum Gasteiger partial charge on any atom is -0.352 e. The third-order valence-corrected chi connectivity index (χ3v) is 5.05. The van der Waals surface area contributed by atoms with Gasteiger partial charge in [-0.15, -0.1) is 0 Å². The van der Waals surface area contributed by atoms with E-state index in [1.54, 1.807) is 0 Å². The summed E-state index contributed by atoms with van der Waals surface area (Å²) >= 11 is 0. The van der Waals surface area contributed by atoms with Crippen molar-refractivity contribution in [3.63, 3.8) is 0 Å². The molecule has 2 atom stereocenters. The molecule has 1 aromatic rings. The van der Waals surface area contributed by atoms with Gasteiger partial charge in [-0.3, -0.25) is 9.59 Å². The van der Waals surface area contributed by atoms with Crippen molar-refractivity contribution >= 4 is 11.8 Å². The monoisotopic (exact) mass is 370 g/mol. The highest BCUT2D eigenvalue weighted by Crippen LogP contribution is 2.38. The Hall–Kier alpha value is -2.05. The SMILES string of the molecule is CC[C@H](C)[C@H](NC(C)=O)C(=O)NC1CC(c2ccc(C(F)(F)F)cc2)C1. The fourth-order valence-electron chi connectivity index (χ4n) is 3.16. The Labute approximate surface area is 151 Å². The average Bonchev–Trinajstić information content (AvgIpc) is 2.53. The summed E-state index contributed by atoms with van der Waals surface area (Å²) in [4.78, 5) is 23.7. The van der Waals surface area contributed by atoms with E-state index in [2.05, 4.69) is 10.6 Å². The normalized spacial score (nSPS) is 22.1. The predicted molar refractivity (Wildman–Crippen MR) is 92.4 cm³/mol. The van der Waals surface area contributed by atoms with E-state index >= 15 is 0 Å². The van der Waals surface area contributed by atoms with Crippen LogP contribution in [0.1, 0.15) is 57.1 Å². The average molecular weight is 370 g/mol. The summed E-state index contributed by atoms with van der Waals surface area (Å²) < 4.78 is 37.8. The number of halogens is 3. The molecule has 1 saturated carbocycles. The van der Waals surface area contributed by atoms with Crippen LogP contribution in [0, 0.1) is 5.92 Å². The van der Waals surface area contributed by atoms with Gasteiger partial charge in [-0.25, -0.2) is 0 Å². The summed E-state index contributed by atoms with van der Waals surface area (Å²) in [6.45, 7) is 5.25. The maximum absolute atomic E-state index is 12.6. The van der Waals surface area contributed by atoms with Crippen LogP contribution in [0.3, 0.4) is 0 Å². The van der Waals surface area contributed by atoms with Crippen molar-refractivity contribution in [3.8, 4) is 0 Å². The van der Waals surface area contributed by atoms with Crippen molar-refractivity contribution in [1.82, 2.24) is 10.6 Å². The van der Waals surface area contributed by atoms with Crippen molar-refractivity contribution in [2.75, 3.05) is 0 Å². The van der Waals surface area contributed by atoms with Crippen molar-refractivity contribution in [2.24, 2.45) is 5.92 Å². The largest absolute Gasteiger partial charge is 0.416 e. The van der Waals surface area contributed by atoms with Crippen LogP contribution < -0.4 is 10.6 Å². The van der Waals surface area contributed by atoms with Crippen LogP contribution in [-0.2, 0) is 15.8 Å². The van der Waals surface area contributed by atoms with Gasteiger partial charge in [0.05, 0.1) is 5.56 Å². The molecule has 0 unspecified atom stereocenters. The lowest BCUT2D eigenvalue weighted by atomic mass is 9.75. The number of benzene rings is 1. The Morgan fingerprint density at radius 2 is 1.77 bits per heavy atom. The summed E-state index contributed by atoms with van der Waals surface area (Å²) in [5.41, 5.74) is 0.195. The van der Waals surface area contributed by atoms with Crippen LogP contribution in [0.4, 0.5) is 13.2 Å². The number of carbonyl (C=O) groups is 2. The second-order valence-electron chi connectivity index (χ2n) is 7.06. The van der Waals surface area contributed by atoms with Gasteiger partial charge >= 0.3 is 6.18 Å². The molecule has 1 aliphatic carbocycles. The summed E-state index contributed by atoms with van der Waals surface area (Å²) in [5.74, 6) is -0.290. The van der Waals surface area contributed by atoms with E-state index in [1.165, 1.54) is 19.1 Å². The zero-order valence-corrected chi connectivity index (χ0v) is 15.2. The van der Waals surface area contributed by atoms with Gasteiger partial charge in [0, 0.05) is 13.0 Å². The molecule has 1 aromatic carbocycles. The van der Waals surface area contributed by atoms with Gasteiger partial charge in [-0.05, 0) is 42.4 Å². The number of hydrogen-bond donors (Lipinski definition) is 2. The molecule has 2 rings (SSSR count). The van der Waals surface area contributed by atoms with Gasteiger partial charge in [0.2, 0.25) is 11.8 Å². The highest BCUT2D eigenvalue weighted by molar-refractivity contribution is 5.87. The molecule has 0 spiro atoms. The van der Waals surface area contributed by atoms with E-state index in [-0.39, 0.29) is 29.7 Å². The number of carbonyl (C=O) groups excluding carboxylic acids is 2. The predicted octanol–water partition coefficient (Wildman–Crippen LogP) is 3.62.